The van der Waals surface area contributed by atoms with Crippen LogP contribution in [0.3, 0.4) is 0 Å². The van der Waals surface area contributed by atoms with E-state index in [1.54, 1.807) is 42.4 Å². The first-order valence-electron chi connectivity index (χ1n) is 10.9. The number of hydrogen-bond donors (Lipinski definition) is 0. The van der Waals surface area contributed by atoms with Crippen LogP contribution in [-0.2, 0) is 4.79 Å². The Morgan fingerprint density at radius 1 is 1.06 bits per heavy atom. The van der Waals surface area contributed by atoms with Gasteiger partial charge in [0.05, 0.1) is 30.2 Å². The fourth-order valence-electron chi connectivity index (χ4n) is 3.70. The van der Waals surface area contributed by atoms with Crippen LogP contribution in [0.1, 0.15) is 32.6 Å². The van der Waals surface area contributed by atoms with Crippen LogP contribution in [0, 0.1) is 25.2 Å². The highest BCUT2D eigenvalue weighted by atomic mass is 32.2. The molecule has 7 heteroatoms. The average molecular weight is 482 g/mol. The van der Waals surface area contributed by atoms with E-state index in [1.807, 2.05) is 62.4 Å². The number of nitrogens with zero attached hydrogens (tertiary/aromatic N) is 3. The SMILES string of the molecule is COc1ccc(C=C2N=C(SCC(=O)c3ccc(C#N)cc3)N(c3cc(C)cc(C)c3)C2=O)cc1. The Bertz CT molecular complexity index is 1360. The summed E-state index contributed by atoms with van der Waals surface area (Å²) in [4.78, 5) is 32.4. The summed E-state index contributed by atoms with van der Waals surface area (Å²) in [5.41, 5.74) is 4.88. The molecule has 35 heavy (non-hydrogen) atoms. The van der Waals surface area contributed by atoms with Crippen LogP contribution in [0.4, 0.5) is 5.69 Å². The first-order valence-corrected chi connectivity index (χ1v) is 11.9. The first kappa shape index (κ1) is 24.0. The number of methoxy groups -OCH3 is 1. The van der Waals surface area contributed by atoms with E-state index >= 15 is 0 Å². The zero-order valence-corrected chi connectivity index (χ0v) is 20.4. The summed E-state index contributed by atoms with van der Waals surface area (Å²) in [6.07, 6.45) is 1.73. The lowest BCUT2D eigenvalue weighted by Crippen LogP contribution is -2.31. The first-order chi connectivity index (χ1) is 16.9. The van der Waals surface area contributed by atoms with E-state index in [0.717, 1.165) is 22.4 Å². The summed E-state index contributed by atoms with van der Waals surface area (Å²) in [6.45, 7) is 3.95. The highest BCUT2D eigenvalue weighted by Crippen LogP contribution is 2.31. The van der Waals surface area contributed by atoms with Crippen LogP contribution in [0.25, 0.3) is 6.08 Å². The number of carbonyl (C=O) groups excluding carboxylic acids is 2. The number of rotatable bonds is 6. The molecule has 1 heterocycles. The van der Waals surface area contributed by atoms with E-state index in [4.69, 9.17) is 10.00 Å². The molecule has 4 rings (SSSR count). The molecule has 0 N–H and O–H groups in total. The summed E-state index contributed by atoms with van der Waals surface area (Å²) in [5, 5.41) is 9.41. The van der Waals surface area contributed by atoms with Gasteiger partial charge in [-0.3, -0.25) is 14.5 Å². The number of hydrogen-bond acceptors (Lipinski definition) is 6. The molecule has 0 saturated carbocycles. The minimum Gasteiger partial charge on any atom is -0.497 e. The average Bonchev–Trinajstić information content (AvgIpc) is 3.17. The minimum atomic E-state index is -0.251. The summed E-state index contributed by atoms with van der Waals surface area (Å²) in [7, 11) is 1.60. The molecular formula is C28H23N3O3S. The van der Waals surface area contributed by atoms with Gasteiger partial charge in [0.1, 0.15) is 11.4 Å². The zero-order valence-electron chi connectivity index (χ0n) is 19.6. The molecule has 1 aliphatic heterocycles. The van der Waals surface area contributed by atoms with Crippen LogP contribution >= 0.6 is 11.8 Å². The maximum Gasteiger partial charge on any atom is 0.283 e. The standard InChI is InChI=1S/C28H23N3O3S/c1-18-12-19(2)14-23(13-18)31-27(33)25(15-20-6-10-24(34-3)11-7-20)30-28(31)35-17-26(32)22-8-4-21(16-29)5-9-22/h4-15H,17H2,1-3H3. The molecule has 0 aromatic heterocycles. The maximum absolute atomic E-state index is 13.4. The van der Waals surface area contributed by atoms with E-state index < -0.39 is 0 Å². The van der Waals surface area contributed by atoms with Crippen molar-refractivity contribution in [2.45, 2.75) is 13.8 Å². The van der Waals surface area contributed by atoms with Crippen LogP contribution in [-0.4, -0.2) is 29.7 Å². The Morgan fingerprint density at radius 2 is 1.71 bits per heavy atom. The Hall–Kier alpha value is -4.15. The molecule has 0 saturated heterocycles. The van der Waals surface area contributed by atoms with Crippen LogP contribution in [0.2, 0.25) is 0 Å². The van der Waals surface area contributed by atoms with Crippen molar-refractivity contribution in [1.82, 2.24) is 0 Å². The molecule has 3 aromatic carbocycles. The van der Waals surface area contributed by atoms with Crippen molar-refractivity contribution < 1.29 is 14.3 Å². The van der Waals surface area contributed by atoms with Crippen molar-refractivity contribution in [2.24, 2.45) is 4.99 Å². The summed E-state index contributed by atoms with van der Waals surface area (Å²) in [5.74, 6) is 0.472. The fourth-order valence-corrected chi connectivity index (χ4v) is 4.61. The van der Waals surface area contributed by atoms with Gasteiger partial charge in [0.25, 0.3) is 5.91 Å². The Balaban J connectivity index is 1.64. The quantitative estimate of drug-likeness (QED) is 0.341. The molecule has 3 aromatic rings. The number of amidine groups is 1. The van der Waals surface area contributed by atoms with Crippen molar-refractivity contribution in [1.29, 1.82) is 5.26 Å². The highest BCUT2D eigenvalue weighted by Gasteiger charge is 2.32. The third-order valence-corrected chi connectivity index (χ3v) is 6.32. The van der Waals surface area contributed by atoms with Gasteiger partial charge < -0.3 is 4.74 Å². The van der Waals surface area contributed by atoms with Crippen molar-refractivity contribution in [3.8, 4) is 11.8 Å². The smallest absolute Gasteiger partial charge is 0.283 e. The lowest BCUT2D eigenvalue weighted by molar-refractivity contribution is -0.113. The summed E-state index contributed by atoms with van der Waals surface area (Å²) < 4.78 is 5.20. The van der Waals surface area contributed by atoms with Gasteiger partial charge in [0.15, 0.2) is 11.0 Å². The molecular weight excluding hydrogens is 458 g/mol. The van der Waals surface area contributed by atoms with Crippen molar-refractivity contribution in [3.63, 3.8) is 0 Å². The van der Waals surface area contributed by atoms with E-state index in [-0.39, 0.29) is 17.4 Å². The van der Waals surface area contributed by atoms with Crippen molar-refractivity contribution in [3.05, 3.63) is 100 Å². The monoisotopic (exact) mass is 481 g/mol. The number of Topliss-reactive ketones (excluding diaryl/α,β-unsaturated/α-hetero) is 1. The van der Waals surface area contributed by atoms with Crippen molar-refractivity contribution in [2.75, 3.05) is 17.8 Å². The van der Waals surface area contributed by atoms with Gasteiger partial charge in [-0.25, -0.2) is 4.99 Å². The third-order valence-electron chi connectivity index (χ3n) is 5.38. The largest absolute Gasteiger partial charge is 0.497 e. The molecule has 0 unspecified atom stereocenters. The number of benzene rings is 3. The van der Waals surface area contributed by atoms with Crippen molar-refractivity contribution >= 4 is 40.4 Å². The maximum atomic E-state index is 13.4. The molecule has 1 amide bonds. The Labute approximate surface area is 208 Å². The molecule has 1 aliphatic rings. The van der Waals surface area contributed by atoms with Crippen LogP contribution in [0.15, 0.2) is 77.4 Å². The number of thioether (sulfide) groups is 1. The lowest BCUT2D eigenvalue weighted by atomic mass is 10.1. The van der Waals surface area contributed by atoms with E-state index in [9.17, 15) is 9.59 Å². The molecule has 0 spiro atoms. The van der Waals surface area contributed by atoms with Gasteiger partial charge in [-0.05, 0) is 73.0 Å². The number of aliphatic imine (C=N–C) groups is 1. The van der Waals surface area contributed by atoms with Gasteiger partial charge in [0, 0.05) is 5.56 Å². The van der Waals surface area contributed by atoms with Crippen LogP contribution < -0.4 is 9.64 Å². The number of nitriles is 1. The second-order valence-corrected chi connectivity index (χ2v) is 9.03. The fraction of sp³-hybridized carbons (Fsp3) is 0.143. The Kier molecular flexibility index (Phi) is 7.14. The molecule has 0 aliphatic carbocycles. The number of ether oxygens (including phenoxy) is 1. The molecule has 6 nitrogen and oxygen atoms in total. The van der Waals surface area contributed by atoms with Gasteiger partial charge in [0.2, 0.25) is 0 Å². The lowest BCUT2D eigenvalue weighted by Gasteiger charge is -2.19. The topological polar surface area (TPSA) is 82.8 Å². The number of ketones is 1. The van der Waals surface area contributed by atoms with Gasteiger partial charge in [-0.2, -0.15) is 5.26 Å². The second-order valence-electron chi connectivity index (χ2n) is 8.08. The predicted molar refractivity (Wildman–Crippen MR) is 140 cm³/mol. The van der Waals surface area contributed by atoms with Gasteiger partial charge >= 0.3 is 0 Å². The van der Waals surface area contributed by atoms with E-state index in [2.05, 4.69) is 4.99 Å². The van der Waals surface area contributed by atoms with Crippen LogP contribution in [0.5, 0.6) is 5.75 Å². The second kappa shape index (κ2) is 10.4. The van der Waals surface area contributed by atoms with Gasteiger partial charge in [-0.1, -0.05) is 42.1 Å². The third kappa shape index (κ3) is 5.51. The molecule has 0 atom stereocenters. The Morgan fingerprint density at radius 3 is 2.31 bits per heavy atom. The summed E-state index contributed by atoms with van der Waals surface area (Å²) >= 11 is 1.22. The summed E-state index contributed by atoms with van der Waals surface area (Å²) in [6, 6.07) is 21.8. The highest BCUT2D eigenvalue weighted by molar-refractivity contribution is 8.14. The normalized spacial score (nSPS) is 14.1. The molecule has 0 bridgehead atoms. The number of aryl methyl sites for hydroxylation is 2. The van der Waals surface area contributed by atoms with E-state index in [0.29, 0.717) is 27.7 Å². The van der Waals surface area contributed by atoms with Gasteiger partial charge in [-0.15, -0.1) is 0 Å². The molecule has 0 fully saturated rings. The zero-order chi connectivity index (χ0) is 24.9. The minimum absolute atomic E-state index is 0.106. The number of carbonyl (C=O) groups is 2. The molecule has 174 valence electrons. The molecule has 0 radical (unpaired) electrons. The number of amides is 1. The predicted octanol–water partition coefficient (Wildman–Crippen LogP) is 5.54. The number of anilines is 1. The van der Waals surface area contributed by atoms with E-state index in [1.165, 1.54) is 11.8 Å².